The lowest BCUT2D eigenvalue weighted by atomic mass is 9.94. The maximum absolute atomic E-state index is 9.93. The molecule has 48 valence electrons. The van der Waals surface area contributed by atoms with Gasteiger partial charge in [-0.1, -0.05) is 6.42 Å². The molecule has 1 N–H and O–H groups in total. The zero-order valence-corrected chi connectivity index (χ0v) is 5.36. The summed E-state index contributed by atoms with van der Waals surface area (Å²) in [5.41, 5.74) is 0. The minimum absolute atomic E-state index is 0.260. The van der Waals surface area contributed by atoms with Gasteiger partial charge in [-0.2, -0.15) is 0 Å². The molecule has 0 spiro atoms. The molecule has 0 aliphatic heterocycles. The van der Waals surface area contributed by atoms with Crippen molar-refractivity contribution in [3.63, 3.8) is 0 Å². The minimum atomic E-state index is -2.34. The monoisotopic (exact) mass is 135 g/mol. The molecule has 0 aromatic heterocycles. The highest BCUT2D eigenvalue weighted by Gasteiger charge is 2.16. The lowest BCUT2D eigenvalue weighted by Crippen LogP contribution is -2.33. The molecular formula is C4H9NO2S. The first-order valence-corrected chi connectivity index (χ1v) is 3.87. The van der Waals surface area contributed by atoms with Crippen molar-refractivity contribution >= 4 is 10.9 Å². The third kappa shape index (κ3) is 1.45. The molecule has 1 fully saturated rings. The van der Waals surface area contributed by atoms with E-state index in [2.05, 4.69) is 4.72 Å². The fourth-order valence-electron chi connectivity index (χ4n) is 0.686. The molecule has 0 heterocycles. The predicted octanol–water partition coefficient (Wildman–Crippen LogP) is -0.345. The largest absolute Gasteiger partial charge is 0.216 e. The SMILES string of the molecule is O=[SH](=O)NC1CCC1. The van der Waals surface area contributed by atoms with Crippen molar-refractivity contribution < 1.29 is 8.42 Å². The van der Waals surface area contributed by atoms with Crippen LogP contribution in [-0.2, 0) is 10.9 Å². The normalized spacial score (nSPS) is 21.1. The molecule has 0 atom stereocenters. The van der Waals surface area contributed by atoms with Crippen LogP contribution >= 0.6 is 0 Å². The van der Waals surface area contributed by atoms with Gasteiger partial charge in [0.25, 0.3) is 0 Å². The second-order valence-electron chi connectivity index (χ2n) is 2.01. The van der Waals surface area contributed by atoms with Gasteiger partial charge < -0.3 is 0 Å². The van der Waals surface area contributed by atoms with Crippen molar-refractivity contribution in [2.45, 2.75) is 25.3 Å². The van der Waals surface area contributed by atoms with Crippen LogP contribution in [-0.4, -0.2) is 14.5 Å². The summed E-state index contributed by atoms with van der Waals surface area (Å²) in [6.07, 6.45) is 3.20. The van der Waals surface area contributed by atoms with Crippen molar-refractivity contribution in [1.29, 1.82) is 0 Å². The molecule has 3 nitrogen and oxygen atoms in total. The first-order chi connectivity index (χ1) is 3.79. The van der Waals surface area contributed by atoms with Crippen LogP contribution in [0.25, 0.3) is 0 Å². The van der Waals surface area contributed by atoms with E-state index in [1.165, 1.54) is 6.42 Å². The van der Waals surface area contributed by atoms with Gasteiger partial charge >= 0.3 is 0 Å². The van der Waals surface area contributed by atoms with E-state index in [0.717, 1.165) is 12.8 Å². The van der Waals surface area contributed by atoms with Gasteiger partial charge in [0.1, 0.15) is 0 Å². The summed E-state index contributed by atoms with van der Waals surface area (Å²) >= 11 is 0. The summed E-state index contributed by atoms with van der Waals surface area (Å²) in [6.45, 7) is 0. The Bertz CT molecular complexity index is 131. The predicted molar refractivity (Wildman–Crippen MR) is 31.1 cm³/mol. The topological polar surface area (TPSA) is 46.2 Å². The standard InChI is InChI=1S/C4H9NO2S/c6-8(7)5-4-2-1-3-4/h4,8H,1-3H2,(H,5,6,7). The summed E-state index contributed by atoms with van der Waals surface area (Å²) < 4.78 is 22.3. The number of rotatable bonds is 2. The van der Waals surface area contributed by atoms with E-state index in [1.807, 2.05) is 0 Å². The van der Waals surface area contributed by atoms with Crippen LogP contribution in [0.5, 0.6) is 0 Å². The zero-order chi connectivity index (χ0) is 5.98. The zero-order valence-electron chi connectivity index (χ0n) is 4.46. The lowest BCUT2D eigenvalue weighted by molar-refractivity contribution is 0.387. The van der Waals surface area contributed by atoms with Crippen molar-refractivity contribution in [3.05, 3.63) is 0 Å². The molecule has 1 rings (SSSR count). The molecule has 0 aromatic carbocycles. The molecular weight excluding hydrogens is 126 g/mol. The molecule has 0 aromatic rings. The summed E-state index contributed by atoms with van der Waals surface area (Å²) in [7, 11) is -2.34. The molecule has 1 saturated carbocycles. The van der Waals surface area contributed by atoms with Crippen molar-refractivity contribution in [3.8, 4) is 0 Å². The van der Waals surface area contributed by atoms with Gasteiger partial charge in [-0.25, -0.2) is 13.1 Å². The van der Waals surface area contributed by atoms with Crippen molar-refractivity contribution in [2.24, 2.45) is 0 Å². The Balaban J connectivity index is 2.19. The highest BCUT2D eigenvalue weighted by atomic mass is 32.2. The summed E-state index contributed by atoms with van der Waals surface area (Å²) in [4.78, 5) is 0. The van der Waals surface area contributed by atoms with E-state index in [1.54, 1.807) is 0 Å². The van der Waals surface area contributed by atoms with E-state index in [-0.39, 0.29) is 6.04 Å². The van der Waals surface area contributed by atoms with Gasteiger partial charge in [0.05, 0.1) is 0 Å². The molecule has 0 bridgehead atoms. The lowest BCUT2D eigenvalue weighted by Gasteiger charge is -2.22. The van der Waals surface area contributed by atoms with Crippen LogP contribution in [0, 0.1) is 0 Å². The maximum Gasteiger partial charge on any atom is 0.201 e. The second-order valence-corrected chi connectivity index (χ2v) is 2.79. The van der Waals surface area contributed by atoms with Gasteiger partial charge in [-0.3, -0.25) is 0 Å². The van der Waals surface area contributed by atoms with E-state index in [9.17, 15) is 8.42 Å². The van der Waals surface area contributed by atoms with Gasteiger partial charge in [0, 0.05) is 6.04 Å². The second kappa shape index (κ2) is 2.46. The number of hydrogen-bond donors (Lipinski definition) is 2. The molecule has 1 aliphatic rings. The van der Waals surface area contributed by atoms with E-state index in [4.69, 9.17) is 0 Å². The summed E-state index contributed by atoms with van der Waals surface area (Å²) in [5, 5.41) is 0. The average Bonchev–Trinajstić information content (AvgIpc) is 1.55. The smallest absolute Gasteiger partial charge is 0.201 e. The fourth-order valence-corrected chi connectivity index (χ4v) is 1.24. The first kappa shape index (κ1) is 6.04. The van der Waals surface area contributed by atoms with Gasteiger partial charge in [0.2, 0.25) is 10.9 Å². The Hall–Kier alpha value is -0.0900. The van der Waals surface area contributed by atoms with E-state index < -0.39 is 10.9 Å². The summed E-state index contributed by atoms with van der Waals surface area (Å²) in [5.74, 6) is 0. The Kier molecular flexibility index (Phi) is 1.85. The quantitative estimate of drug-likeness (QED) is 0.509. The van der Waals surface area contributed by atoms with Crippen LogP contribution in [0.2, 0.25) is 0 Å². The van der Waals surface area contributed by atoms with E-state index >= 15 is 0 Å². The molecule has 4 heteroatoms. The van der Waals surface area contributed by atoms with Gasteiger partial charge in [0.15, 0.2) is 0 Å². The molecule has 8 heavy (non-hydrogen) atoms. The molecule has 0 radical (unpaired) electrons. The molecule has 0 amide bonds. The van der Waals surface area contributed by atoms with Crippen LogP contribution in [0.3, 0.4) is 0 Å². The Morgan fingerprint density at radius 2 is 2.00 bits per heavy atom. The number of thiol groups is 1. The number of nitrogens with one attached hydrogen (secondary N) is 1. The first-order valence-electron chi connectivity index (χ1n) is 2.69. The molecule has 0 saturated heterocycles. The highest BCUT2D eigenvalue weighted by Crippen LogP contribution is 2.17. The van der Waals surface area contributed by atoms with Gasteiger partial charge in [-0.15, -0.1) is 0 Å². The molecule has 0 unspecified atom stereocenters. The maximum atomic E-state index is 9.93. The van der Waals surface area contributed by atoms with Crippen LogP contribution in [0.1, 0.15) is 19.3 Å². The van der Waals surface area contributed by atoms with Gasteiger partial charge in [-0.05, 0) is 12.8 Å². The molecule has 1 aliphatic carbocycles. The van der Waals surface area contributed by atoms with Crippen molar-refractivity contribution in [1.82, 2.24) is 4.72 Å². The third-order valence-electron chi connectivity index (χ3n) is 1.39. The van der Waals surface area contributed by atoms with Crippen LogP contribution < -0.4 is 4.72 Å². The van der Waals surface area contributed by atoms with E-state index in [0.29, 0.717) is 0 Å². The van der Waals surface area contributed by atoms with Crippen LogP contribution in [0.4, 0.5) is 0 Å². The Morgan fingerprint density at radius 3 is 2.12 bits per heavy atom. The Morgan fingerprint density at radius 1 is 1.38 bits per heavy atom. The fraction of sp³-hybridized carbons (Fsp3) is 1.00. The Labute approximate surface area is 50.2 Å². The number of hydrogen-bond acceptors (Lipinski definition) is 2. The average molecular weight is 135 g/mol. The summed E-state index contributed by atoms with van der Waals surface area (Å²) in [6, 6.07) is 0.260. The minimum Gasteiger partial charge on any atom is -0.216 e. The third-order valence-corrected chi connectivity index (χ3v) is 1.97. The highest BCUT2D eigenvalue weighted by molar-refractivity contribution is 7.70. The van der Waals surface area contributed by atoms with Crippen LogP contribution in [0.15, 0.2) is 0 Å². The van der Waals surface area contributed by atoms with Crippen molar-refractivity contribution in [2.75, 3.05) is 0 Å².